The summed E-state index contributed by atoms with van der Waals surface area (Å²) < 4.78 is 1.09. The number of rotatable bonds is 6. The third-order valence-electron chi connectivity index (χ3n) is 6.11. The first-order valence-corrected chi connectivity index (χ1v) is 12.4. The van der Waals surface area contributed by atoms with Crippen LogP contribution < -0.4 is 15.1 Å². The van der Waals surface area contributed by atoms with Crippen LogP contribution in [0.25, 0.3) is 10.2 Å². The van der Waals surface area contributed by atoms with E-state index in [0.717, 1.165) is 58.0 Å². The van der Waals surface area contributed by atoms with Gasteiger partial charge >= 0.3 is 0 Å². The van der Waals surface area contributed by atoms with E-state index < -0.39 is 0 Å². The van der Waals surface area contributed by atoms with E-state index >= 15 is 0 Å². The van der Waals surface area contributed by atoms with Crippen molar-refractivity contribution in [3.05, 3.63) is 53.1 Å². The van der Waals surface area contributed by atoms with Crippen molar-refractivity contribution < 1.29 is 14.4 Å². The highest BCUT2D eigenvalue weighted by Gasteiger charge is 2.30. The molecule has 3 amide bonds. The maximum absolute atomic E-state index is 12.6. The van der Waals surface area contributed by atoms with E-state index in [0.29, 0.717) is 17.8 Å². The van der Waals surface area contributed by atoms with E-state index in [1.807, 2.05) is 18.2 Å². The van der Waals surface area contributed by atoms with Gasteiger partial charge in [-0.2, -0.15) is 0 Å². The lowest BCUT2D eigenvalue weighted by Crippen LogP contribution is -2.48. The number of carbonyl (C=O) groups excluding carboxylic acids is 3. The number of hydrogen-bond donors (Lipinski definition) is 1. The normalized spacial score (nSPS) is 17.1. The molecule has 2 saturated heterocycles. The van der Waals surface area contributed by atoms with Crippen molar-refractivity contribution in [1.29, 1.82) is 0 Å². The Morgan fingerprint density at radius 2 is 1.79 bits per heavy atom. The monoisotopic (exact) mass is 497 g/mol. The number of hydrogen-bond acceptors (Lipinski definition) is 7. The molecular formula is C24H24ClN5O3S. The minimum Gasteiger partial charge on any atom is -0.351 e. The van der Waals surface area contributed by atoms with Crippen molar-refractivity contribution in [1.82, 2.24) is 15.2 Å². The number of carbonyl (C=O) groups is 3. The Kier molecular flexibility index (Phi) is 6.49. The predicted molar refractivity (Wildman–Crippen MR) is 134 cm³/mol. The Hall–Kier alpha value is -3.01. The van der Waals surface area contributed by atoms with Gasteiger partial charge in [-0.25, -0.2) is 4.98 Å². The highest BCUT2D eigenvalue weighted by Crippen LogP contribution is 2.31. The number of benzene rings is 2. The zero-order chi connectivity index (χ0) is 23.7. The van der Waals surface area contributed by atoms with Crippen molar-refractivity contribution in [2.75, 3.05) is 49.1 Å². The number of halogens is 1. The molecule has 176 valence electrons. The number of fused-ring (bicyclic) bond motifs is 1. The molecule has 2 aliphatic rings. The summed E-state index contributed by atoms with van der Waals surface area (Å²) in [4.78, 5) is 47.1. The van der Waals surface area contributed by atoms with Gasteiger partial charge in [0, 0.05) is 62.7 Å². The molecule has 0 aliphatic carbocycles. The van der Waals surface area contributed by atoms with Gasteiger partial charge in [0.2, 0.25) is 11.8 Å². The van der Waals surface area contributed by atoms with Gasteiger partial charge in [0.25, 0.3) is 5.91 Å². The van der Waals surface area contributed by atoms with Crippen LogP contribution in [0, 0.1) is 0 Å². The standard InChI is InChI=1S/C24H24ClN5O3S/c25-17-4-5-19-20(15-17)34-24(27-19)29-12-10-28(11-13-29)9-8-26-23(33)16-2-1-3-18(14-16)30-21(31)6-7-22(30)32/h1-5,14-15H,6-13H2,(H,26,33). The predicted octanol–water partition coefficient (Wildman–Crippen LogP) is 3.16. The van der Waals surface area contributed by atoms with E-state index in [9.17, 15) is 14.4 Å². The number of nitrogens with one attached hydrogen (secondary N) is 1. The van der Waals surface area contributed by atoms with E-state index in [2.05, 4.69) is 15.1 Å². The molecular weight excluding hydrogens is 474 g/mol. The molecule has 0 saturated carbocycles. The summed E-state index contributed by atoms with van der Waals surface area (Å²) in [5, 5.41) is 4.68. The molecule has 3 heterocycles. The first kappa shape index (κ1) is 22.8. The van der Waals surface area contributed by atoms with Gasteiger partial charge in [0.1, 0.15) is 0 Å². The number of amides is 3. The SMILES string of the molecule is O=C(NCCN1CCN(c2nc3ccc(Cl)cc3s2)CC1)c1cccc(N2C(=O)CCC2=O)c1. The number of nitrogens with zero attached hydrogens (tertiary/aromatic N) is 4. The topological polar surface area (TPSA) is 85.8 Å². The maximum Gasteiger partial charge on any atom is 0.251 e. The highest BCUT2D eigenvalue weighted by atomic mass is 35.5. The maximum atomic E-state index is 12.6. The Morgan fingerprint density at radius 1 is 1.03 bits per heavy atom. The summed E-state index contributed by atoms with van der Waals surface area (Å²) in [5.74, 6) is -0.666. The third-order valence-corrected chi connectivity index (χ3v) is 7.43. The summed E-state index contributed by atoms with van der Waals surface area (Å²) in [7, 11) is 0. The smallest absolute Gasteiger partial charge is 0.251 e. The zero-order valence-corrected chi connectivity index (χ0v) is 20.1. The minimum absolute atomic E-state index is 0.215. The molecule has 8 nitrogen and oxygen atoms in total. The summed E-state index contributed by atoms with van der Waals surface area (Å²) in [6, 6.07) is 12.4. The van der Waals surface area contributed by atoms with Gasteiger partial charge in [-0.05, 0) is 36.4 Å². The quantitative estimate of drug-likeness (QED) is 0.526. The molecule has 1 N–H and O–H groups in total. The summed E-state index contributed by atoms with van der Waals surface area (Å²) in [6.07, 6.45) is 0.436. The fourth-order valence-corrected chi connectivity index (χ4v) is 5.56. The molecule has 2 aliphatic heterocycles. The largest absolute Gasteiger partial charge is 0.351 e. The van der Waals surface area contributed by atoms with E-state index in [4.69, 9.17) is 16.6 Å². The number of anilines is 2. The fraction of sp³-hybridized carbons (Fsp3) is 0.333. The molecule has 2 aromatic carbocycles. The second kappa shape index (κ2) is 9.69. The molecule has 0 bridgehead atoms. The van der Waals surface area contributed by atoms with E-state index in [1.165, 1.54) is 0 Å². The molecule has 3 aromatic rings. The van der Waals surface area contributed by atoms with Crippen LogP contribution in [0.15, 0.2) is 42.5 Å². The number of thiazole rings is 1. The van der Waals surface area contributed by atoms with Gasteiger partial charge in [0.05, 0.1) is 15.9 Å². The van der Waals surface area contributed by atoms with Gasteiger partial charge < -0.3 is 10.2 Å². The Balaban J connectivity index is 1.11. The molecule has 34 heavy (non-hydrogen) atoms. The molecule has 0 unspecified atom stereocenters. The molecule has 0 atom stereocenters. The number of imide groups is 1. The van der Waals surface area contributed by atoms with Crippen LogP contribution in [-0.4, -0.2) is 66.9 Å². The lowest BCUT2D eigenvalue weighted by Gasteiger charge is -2.34. The number of piperazine rings is 1. The van der Waals surface area contributed by atoms with Crippen LogP contribution in [-0.2, 0) is 9.59 Å². The highest BCUT2D eigenvalue weighted by molar-refractivity contribution is 7.22. The zero-order valence-electron chi connectivity index (χ0n) is 18.5. The Bertz CT molecular complexity index is 1240. The third kappa shape index (κ3) is 4.77. The van der Waals surface area contributed by atoms with Gasteiger partial charge in [-0.1, -0.05) is 29.0 Å². The Labute approximate surface area is 206 Å². The average Bonchev–Trinajstić information content (AvgIpc) is 3.41. The van der Waals surface area contributed by atoms with Crippen molar-refractivity contribution >= 4 is 61.7 Å². The van der Waals surface area contributed by atoms with Crippen LogP contribution in [0.5, 0.6) is 0 Å². The molecule has 5 rings (SSSR count). The van der Waals surface area contributed by atoms with Crippen LogP contribution in [0.4, 0.5) is 10.8 Å². The van der Waals surface area contributed by atoms with Crippen molar-refractivity contribution in [3.8, 4) is 0 Å². The van der Waals surface area contributed by atoms with Gasteiger partial charge in [0.15, 0.2) is 5.13 Å². The Morgan fingerprint density at radius 3 is 2.56 bits per heavy atom. The van der Waals surface area contributed by atoms with Crippen LogP contribution in [0.3, 0.4) is 0 Å². The lowest BCUT2D eigenvalue weighted by molar-refractivity contribution is -0.121. The van der Waals surface area contributed by atoms with Gasteiger partial charge in [-0.3, -0.25) is 24.2 Å². The summed E-state index contributed by atoms with van der Waals surface area (Å²) in [6.45, 7) is 4.80. The van der Waals surface area contributed by atoms with Gasteiger partial charge in [-0.15, -0.1) is 0 Å². The second-order valence-corrected chi connectivity index (χ2v) is 9.81. The summed E-state index contributed by atoms with van der Waals surface area (Å²) >= 11 is 7.75. The second-order valence-electron chi connectivity index (χ2n) is 8.37. The molecule has 2 fully saturated rings. The summed E-state index contributed by atoms with van der Waals surface area (Å²) in [5.41, 5.74) is 1.86. The molecule has 1 aromatic heterocycles. The van der Waals surface area contributed by atoms with Crippen LogP contribution in [0.2, 0.25) is 5.02 Å². The molecule has 10 heteroatoms. The van der Waals surface area contributed by atoms with E-state index in [-0.39, 0.29) is 30.6 Å². The average molecular weight is 498 g/mol. The molecule has 0 radical (unpaired) electrons. The van der Waals surface area contributed by atoms with E-state index in [1.54, 1.807) is 35.6 Å². The fourth-order valence-electron chi connectivity index (χ4n) is 4.26. The van der Waals surface area contributed by atoms with Crippen molar-refractivity contribution in [2.24, 2.45) is 0 Å². The lowest BCUT2D eigenvalue weighted by atomic mass is 10.1. The molecule has 0 spiro atoms. The van der Waals surface area contributed by atoms with Crippen LogP contribution in [0.1, 0.15) is 23.2 Å². The van der Waals surface area contributed by atoms with Crippen molar-refractivity contribution in [2.45, 2.75) is 12.8 Å². The van der Waals surface area contributed by atoms with Crippen LogP contribution >= 0.6 is 22.9 Å². The van der Waals surface area contributed by atoms with Crippen molar-refractivity contribution in [3.63, 3.8) is 0 Å². The first-order valence-electron chi connectivity index (χ1n) is 11.3. The minimum atomic E-state index is -0.226. The first-order chi connectivity index (χ1) is 16.5. The number of aromatic nitrogens is 1.